The zero-order chi connectivity index (χ0) is 18.5. The van der Waals surface area contributed by atoms with Gasteiger partial charge in [-0.3, -0.25) is 14.8 Å². The van der Waals surface area contributed by atoms with E-state index in [4.69, 9.17) is 9.15 Å². The van der Waals surface area contributed by atoms with Crippen molar-refractivity contribution in [1.29, 1.82) is 0 Å². The Bertz CT molecular complexity index is 813. The summed E-state index contributed by atoms with van der Waals surface area (Å²) in [5.41, 5.74) is 0.883. The molecule has 7 nitrogen and oxygen atoms in total. The van der Waals surface area contributed by atoms with Gasteiger partial charge in [-0.2, -0.15) is 0 Å². The van der Waals surface area contributed by atoms with E-state index in [0.717, 1.165) is 18.5 Å². The zero-order valence-electron chi connectivity index (χ0n) is 15.0. The summed E-state index contributed by atoms with van der Waals surface area (Å²) in [6.07, 6.45) is 7.04. The van der Waals surface area contributed by atoms with E-state index in [-0.39, 0.29) is 17.5 Å². The van der Waals surface area contributed by atoms with Gasteiger partial charge in [-0.05, 0) is 38.3 Å². The topological polar surface area (TPSA) is 94.3 Å². The fourth-order valence-electron chi connectivity index (χ4n) is 3.19. The third kappa shape index (κ3) is 4.35. The Kier molecular flexibility index (Phi) is 5.78. The molecule has 0 aromatic carbocycles. The van der Waals surface area contributed by atoms with Crippen molar-refractivity contribution < 1.29 is 13.9 Å². The van der Waals surface area contributed by atoms with Crippen LogP contribution in [0.25, 0.3) is 0 Å². The number of ether oxygens (including phenoxy) is 1. The summed E-state index contributed by atoms with van der Waals surface area (Å²) in [7, 11) is 0. The van der Waals surface area contributed by atoms with E-state index in [1.54, 1.807) is 31.6 Å². The molecule has 7 heteroatoms. The maximum absolute atomic E-state index is 12.5. The lowest BCUT2D eigenvalue weighted by atomic mass is 9.95. The van der Waals surface area contributed by atoms with Crippen molar-refractivity contribution >= 4 is 5.91 Å². The number of hydrogen-bond acceptors (Lipinski definition) is 6. The van der Waals surface area contributed by atoms with Crippen LogP contribution in [0.1, 0.15) is 53.1 Å². The van der Waals surface area contributed by atoms with E-state index in [2.05, 4.69) is 15.3 Å². The molecule has 2 aromatic heterocycles. The molecule has 138 valence electrons. The average molecular weight is 357 g/mol. The fraction of sp³-hybridized carbons (Fsp3) is 0.474. The minimum absolute atomic E-state index is 0.0619. The van der Waals surface area contributed by atoms with Crippen LogP contribution in [-0.4, -0.2) is 35.1 Å². The van der Waals surface area contributed by atoms with Gasteiger partial charge in [0.25, 0.3) is 5.91 Å². The van der Waals surface area contributed by atoms with Crippen molar-refractivity contribution in [2.24, 2.45) is 0 Å². The molecule has 1 saturated heterocycles. The zero-order valence-corrected chi connectivity index (χ0v) is 15.0. The number of nitrogens with one attached hydrogen (secondary N) is 1. The highest BCUT2D eigenvalue weighted by molar-refractivity contribution is 5.95. The number of carbonyl (C=O) groups is 1. The summed E-state index contributed by atoms with van der Waals surface area (Å²) in [5.74, 6) is 0.383. The molecule has 0 radical (unpaired) electrons. The molecule has 3 heterocycles. The summed E-state index contributed by atoms with van der Waals surface area (Å²) in [4.78, 5) is 33.2. The van der Waals surface area contributed by atoms with E-state index >= 15 is 0 Å². The molecule has 1 amide bonds. The minimum Gasteiger partial charge on any atom is -0.427 e. The molecule has 1 aliphatic heterocycles. The molecule has 0 bridgehead atoms. The first-order valence-corrected chi connectivity index (χ1v) is 8.82. The molecule has 1 N–H and O–H groups in total. The van der Waals surface area contributed by atoms with Gasteiger partial charge in [-0.25, -0.2) is 4.79 Å². The van der Waals surface area contributed by atoms with Crippen LogP contribution in [0.5, 0.6) is 0 Å². The lowest BCUT2D eigenvalue weighted by Gasteiger charge is -2.21. The molecule has 0 saturated carbocycles. The van der Waals surface area contributed by atoms with Crippen molar-refractivity contribution in [3.63, 3.8) is 0 Å². The summed E-state index contributed by atoms with van der Waals surface area (Å²) >= 11 is 0. The maximum Gasteiger partial charge on any atom is 0.349 e. The first-order valence-electron chi connectivity index (χ1n) is 8.82. The Morgan fingerprint density at radius 1 is 1.35 bits per heavy atom. The average Bonchev–Trinajstić information content (AvgIpc) is 2.62. The van der Waals surface area contributed by atoms with Gasteiger partial charge in [0.15, 0.2) is 0 Å². The molecule has 1 unspecified atom stereocenters. The minimum atomic E-state index is -0.587. The van der Waals surface area contributed by atoms with Gasteiger partial charge >= 0.3 is 5.63 Å². The molecule has 1 aliphatic rings. The Hall–Kier alpha value is -2.54. The van der Waals surface area contributed by atoms with E-state index in [9.17, 15) is 9.59 Å². The highest BCUT2D eigenvalue weighted by Crippen LogP contribution is 2.27. The monoisotopic (exact) mass is 357 g/mol. The molecule has 1 atom stereocenters. The lowest BCUT2D eigenvalue weighted by Crippen LogP contribution is -2.37. The van der Waals surface area contributed by atoms with Crippen LogP contribution in [-0.2, 0) is 11.2 Å². The second kappa shape index (κ2) is 8.23. The Balaban J connectivity index is 1.71. The van der Waals surface area contributed by atoms with E-state index in [0.29, 0.717) is 31.0 Å². The van der Waals surface area contributed by atoms with E-state index in [1.165, 1.54) is 0 Å². The van der Waals surface area contributed by atoms with Gasteiger partial charge in [0.05, 0.1) is 5.69 Å². The van der Waals surface area contributed by atoms with Crippen molar-refractivity contribution in [3.8, 4) is 0 Å². The molecular weight excluding hydrogens is 334 g/mol. The molecular formula is C19H23N3O4. The first kappa shape index (κ1) is 18.3. The van der Waals surface area contributed by atoms with Gasteiger partial charge in [-0.1, -0.05) is 0 Å². The van der Waals surface area contributed by atoms with Crippen LogP contribution >= 0.6 is 0 Å². The van der Waals surface area contributed by atoms with Gasteiger partial charge in [0, 0.05) is 50.2 Å². The van der Waals surface area contributed by atoms with Gasteiger partial charge < -0.3 is 14.5 Å². The number of amides is 1. The van der Waals surface area contributed by atoms with Crippen LogP contribution in [0.2, 0.25) is 0 Å². The molecule has 2 aromatic rings. The molecule has 26 heavy (non-hydrogen) atoms. The summed E-state index contributed by atoms with van der Waals surface area (Å²) < 4.78 is 10.8. The lowest BCUT2D eigenvalue weighted by molar-refractivity contribution is 0.0795. The Labute approximate surface area is 151 Å². The number of aryl methyl sites for hydroxylation is 1. The molecule has 1 fully saturated rings. The summed E-state index contributed by atoms with van der Waals surface area (Å²) in [6.45, 7) is 4.95. The normalized spacial score (nSPS) is 16.2. The second-order valence-electron chi connectivity index (χ2n) is 6.66. The number of aromatic nitrogens is 2. The third-order valence-corrected chi connectivity index (χ3v) is 4.53. The summed E-state index contributed by atoms with van der Waals surface area (Å²) in [5, 5.41) is 2.84. The molecule has 0 aliphatic carbocycles. The summed E-state index contributed by atoms with van der Waals surface area (Å²) in [6, 6.07) is 1.62. The van der Waals surface area contributed by atoms with Crippen LogP contribution < -0.4 is 10.9 Å². The highest BCUT2D eigenvalue weighted by Gasteiger charge is 2.23. The number of nitrogens with zero attached hydrogens (tertiary/aromatic N) is 2. The number of rotatable bonds is 5. The Morgan fingerprint density at radius 2 is 2.12 bits per heavy atom. The second-order valence-corrected chi connectivity index (χ2v) is 6.66. The fourth-order valence-corrected chi connectivity index (χ4v) is 3.19. The highest BCUT2D eigenvalue weighted by atomic mass is 16.5. The van der Waals surface area contributed by atoms with Crippen LogP contribution in [0, 0.1) is 6.92 Å². The van der Waals surface area contributed by atoms with Gasteiger partial charge in [0.1, 0.15) is 11.3 Å². The third-order valence-electron chi connectivity index (χ3n) is 4.53. The number of carbonyl (C=O) groups excluding carboxylic acids is 1. The molecule has 0 spiro atoms. The largest absolute Gasteiger partial charge is 0.427 e. The smallest absolute Gasteiger partial charge is 0.349 e. The standard InChI is InChI=1S/C19H23N3O4/c1-12-9-16(14-3-7-25-8-4-14)26-19(24)17(12)18(23)22-13(2)10-15-11-20-5-6-21-15/h5-6,9,11,13-14H,3-4,7-8,10H2,1-2H3,(H,22,23). The van der Waals surface area contributed by atoms with Crippen LogP contribution in [0.3, 0.4) is 0 Å². The van der Waals surface area contributed by atoms with Gasteiger partial charge in [-0.15, -0.1) is 0 Å². The molecule has 3 rings (SSSR count). The van der Waals surface area contributed by atoms with Crippen molar-refractivity contribution in [3.05, 3.63) is 57.7 Å². The predicted octanol–water partition coefficient (Wildman–Crippen LogP) is 1.99. The SMILES string of the molecule is Cc1cc(C2CCOCC2)oc(=O)c1C(=O)NC(C)Cc1cnccn1. The van der Waals surface area contributed by atoms with E-state index in [1.807, 2.05) is 6.92 Å². The van der Waals surface area contributed by atoms with Gasteiger partial charge in [0.2, 0.25) is 0 Å². The van der Waals surface area contributed by atoms with Crippen molar-refractivity contribution in [2.45, 2.75) is 45.1 Å². The predicted molar refractivity (Wildman–Crippen MR) is 95.2 cm³/mol. The van der Waals surface area contributed by atoms with Crippen molar-refractivity contribution in [1.82, 2.24) is 15.3 Å². The quantitative estimate of drug-likeness (QED) is 0.879. The Morgan fingerprint density at radius 3 is 2.77 bits per heavy atom. The first-order chi connectivity index (χ1) is 12.5. The van der Waals surface area contributed by atoms with E-state index < -0.39 is 11.5 Å². The van der Waals surface area contributed by atoms with Crippen molar-refractivity contribution in [2.75, 3.05) is 13.2 Å². The van der Waals surface area contributed by atoms with Crippen LogP contribution in [0.15, 0.2) is 33.9 Å². The van der Waals surface area contributed by atoms with Crippen LogP contribution in [0.4, 0.5) is 0 Å². The maximum atomic E-state index is 12.5. The number of hydrogen-bond donors (Lipinski definition) is 1.